The molecule has 1 aliphatic heterocycles. The average molecular weight is 284 g/mol. The Morgan fingerprint density at radius 1 is 1.14 bits per heavy atom. The van der Waals surface area contributed by atoms with Crippen LogP contribution in [0.3, 0.4) is 0 Å². The van der Waals surface area contributed by atoms with Gasteiger partial charge in [0.05, 0.1) is 6.04 Å². The van der Waals surface area contributed by atoms with Crippen LogP contribution in [0.5, 0.6) is 0 Å². The van der Waals surface area contributed by atoms with Crippen molar-refractivity contribution in [1.82, 2.24) is 10.2 Å². The molecule has 1 aliphatic rings. The first-order valence-corrected chi connectivity index (χ1v) is 7.81. The number of benzene rings is 1. The number of hydrogen-bond acceptors (Lipinski definition) is 2. The van der Waals surface area contributed by atoms with Crippen molar-refractivity contribution in [2.24, 2.45) is 0 Å². The Balaban J connectivity index is 0.00000106. The zero-order chi connectivity index (χ0) is 15.5. The first kappa shape index (κ1) is 17.4. The summed E-state index contributed by atoms with van der Waals surface area (Å²) in [6.45, 7) is 16.0. The van der Waals surface area contributed by atoms with Gasteiger partial charge in [0.25, 0.3) is 0 Å². The number of allylic oxidation sites excluding steroid dienone is 2. The van der Waals surface area contributed by atoms with Crippen molar-refractivity contribution >= 4 is 0 Å². The number of piperazine rings is 1. The van der Waals surface area contributed by atoms with E-state index in [0.29, 0.717) is 0 Å². The van der Waals surface area contributed by atoms with E-state index in [1.54, 1.807) is 0 Å². The minimum absolute atomic E-state index is 0.277. The molecule has 2 heteroatoms. The molecule has 114 valence electrons. The summed E-state index contributed by atoms with van der Waals surface area (Å²) in [4.78, 5) is 2.50. The Bertz CT molecular complexity index is 442. The predicted octanol–water partition coefficient (Wildman–Crippen LogP) is 3.96. The Morgan fingerprint density at radius 2 is 1.76 bits per heavy atom. The molecule has 1 fully saturated rings. The zero-order valence-corrected chi connectivity index (χ0v) is 13.4. The van der Waals surface area contributed by atoms with Crippen molar-refractivity contribution in [2.45, 2.75) is 19.9 Å². The third-order valence-electron chi connectivity index (χ3n) is 3.49. The van der Waals surface area contributed by atoms with Gasteiger partial charge in [0.1, 0.15) is 0 Å². The highest BCUT2D eigenvalue weighted by atomic mass is 15.2. The summed E-state index contributed by atoms with van der Waals surface area (Å²) in [5.41, 5.74) is 2.53. The third-order valence-corrected chi connectivity index (χ3v) is 3.49. The Labute approximate surface area is 129 Å². The fourth-order valence-corrected chi connectivity index (χ4v) is 2.60. The number of hydrogen-bond donors (Lipinski definition) is 1. The van der Waals surface area contributed by atoms with Gasteiger partial charge < -0.3 is 5.32 Å². The predicted molar refractivity (Wildman–Crippen MR) is 93.5 cm³/mol. The van der Waals surface area contributed by atoms with Crippen molar-refractivity contribution in [1.29, 1.82) is 0 Å². The number of nitrogens with zero attached hydrogens (tertiary/aromatic N) is 1. The fourth-order valence-electron chi connectivity index (χ4n) is 2.60. The Morgan fingerprint density at radius 3 is 2.29 bits per heavy atom. The molecule has 0 radical (unpaired) electrons. The lowest BCUT2D eigenvalue weighted by molar-refractivity contribution is 0.198. The van der Waals surface area contributed by atoms with E-state index in [1.807, 2.05) is 26.0 Å². The van der Waals surface area contributed by atoms with Crippen molar-refractivity contribution < 1.29 is 0 Å². The summed E-state index contributed by atoms with van der Waals surface area (Å²) in [6, 6.07) is 10.9. The first-order valence-electron chi connectivity index (χ1n) is 7.81. The van der Waals surface area contributed by atoms with Crippen LogP contribution < -0.4 is 5.32 Å². The zero-order valence-electron chi connectivity index (χ0n) is 13.4. The summed E-state index contributed by atoms with van der Waals surface area (Å²) < 4.78 is 0. The van der Waals surface area contributed by atoms with E-state index in [0.717, 1.165) is 26.2 Å². The molecule has 1 aromatic carbocycles. The molecule has 0 aromatic heterocycles. The molecule has 0 amide bonds. The monoisotopic (exact) mass is 284 g/mol. The number of nitrogens with one attached hydrogen (secondary N) is 1. The molecular weight excluding hydrogens is 256 g/mol. The normalized spacial score (nSPS) is 17.3. The molecule has 1 aromatic rings. The molecule has 1 atom stereocenters. The van der Waals surface area contributed by atoms with Gasteiger partial charge in [0, 0.05) is 26.2 Å². The molecule has 0 spiro atoms. The van der Waals surface area contributed by atoms with E-state index >= 15 is 0 Å². The van der Waals surface area contributed by atoms with Gasteiger partial charge >= 0.3 is 0 Å². The van der Waals surface area contributed by atoms with Gasteiger partial charge in [0.2, 0.25) is 0 Å². The second-order valence-electron chi connectivity index (χ2n) is 4.71. The maximum Gasteiger partial charge on any atom is 0.0602 e. The molecule has 1 saturated heterocycles. The fraction of sp³-hybridized carbons (Fsp3) is 0.368. The minimum Gasteiger partial charge on any atom is -0.314 e. The standard InChI is InChI=1S/C17H22N2.C2H6/c1-3-8-15(4-2)17(16-9-6-5-7-10-16)19-13-11-18-12-14-19;1-2/h3-10,17-18H,1-2,11-14H2;1-2H3/b15-8+;. The van der Waals surface area contributed by atoms with Gasteiger partial charge in [-0.3, -0.25) is 4.90 Å². The van der Waals surface area contributed by atoms with Crippen molar-refractivity contribution in [3.05, 3.63) is 72.9 Å². The van der Waals surface area contributed by atoms with Crippen LogP contribution in [0.1, 0.15) is 25.5 Å². The molecule has 2 nitrogen and oxygen atoms in total. The molecule has 1 heterocycles. The maximum absolute atomic E-state index is 3.96. The van der Waals surface area contributed by atoms with Gasteiger partial charge in [-0.2, -0.15) is 0 Å². The lowest BCUT2D eigenvalue weighted by Crippen LogP contribution is -2.45. The third kappa shape index (κ3) is 5.00. The summed E-state index contributed by atoms with van der Waals surface area (Å²) in [5, 5.41) is 3.40. The summed E-state index contributed by atoms with van der Waals surface area (Å²) >= 11 is 0. The van der Waals surface area contributed by atoms with Crippen molar-refractivity contribution in [3.8, 4) is 0 Å². The van der Waals surface area contributed by atoms with Crippen LogP contribution in [0, 0.1) is 0 Å². The SMILES string of the molecule is C=C/C=C(\C=C)C(c1ccccc1)N1CCNCC1.CC. The van der Waals surface area contributed by atoms with Crippen LogP contribution in [0.2, 0.25) is 0 Å². The smallest absolute Gasteiger partial charge is 0.0602 e. The van der Waals surface area contributed by atoms with Crippen LogP contribution in [0.25, 0.3) is 0 Å². The summed E-state index contributed by atoms with van der Waals surface area (Å²) in [7, 11) is 0. The van der Waals surface area contributed by atoms with Gasteiger partial charge in [-0.15, -0.1) is 0 Å². The molecule has 2 rings (SSSR count). The molecule has 0 bridgehead atoms. The Hall–Kier alpha value is -1.64. The Kier molecular flexibility index (Phi) is 8.41. The summed E-state index contributed by atoms with van der Waals surface area (Å²) in [5.74, 6) is 0. The maximum atomic E-state index is 3.96. The van der Waals surface area contributed by atoms with Gasteiger partial charge in [-0.1, -0.05) is 75.6 Å². The highest BCUT2D eigenvalue weighted by Crippen LogP contribution is 2.29. The van der Waals surface area contributed by atoms with Gasteiger partial charge in [-0.25, -0.2) is 0 Å². The van der Waals surface area contributed by atoms with Crippen LogP contribution in [-0.4, -0.2) is 31.1 Å². The van der Waals surface area contributed by atoms with E-state index in [-0.39, 0.29) is 6.04 Å². The van der Waals surface area contributed by atoms with E-state index in [9.17, 15) is 0 Å². The largest absolute Gasteiger partial charge is 0.314 e. The molecule has 21 heavy (non-hydrogen) atoms. The first-order chi connectivity index (χ1) is 10.4. The van der Waals surface area contributed by atoms with E-state index < -0.39 is 0 Å². The molecule has 0 aliphatic carbocycles. The molecule has 0 saturated carbocycles. The topological polar surface area (TPSA) is 15.3 Å². The van der Waals surface area contributed by atoms with Crippen LogP contribution in [-0.2, 0) is 0 Å². The lowest BCUT2D eigenvalue weighted by Gasteiger charge is -2.36. The highest BCUT2D eigenvalue weighted by Gasteiger charge is 2.23. The van der Waals surface area contributed by atoms with Crippen LogP contribution in [0.15, 0.2) is 67.3 Å². The van der Waals surface area contributed by atoms with Crippen LogP contribution in [0.4, 0.5) is 0 Å². The molecular formula is C19H28N2. The van der Waals surface area contributed by atoms with Gasteiger partial charge in [0.15, 0.2) is 0 Å². The quantitative estimate of drug-likeness (QED) is 0.823. The highest BCUT2D eigenvalue weighted by molar-refractivity contribution is 5.35. The van der Waals surface area contributed by atoms with Crippen molar-refractivity contribution in [3.63, 3.8) is 0 Å². The lowest BCUT2D eigenvalue weighted by atomic mass is 9.96. The van der Waals surface area contributed by atoms with E-state index in [1.165, 1.54) is 11.1 Å². The summed E-state index contributed by atoms with van der Waals surface area (Å²) in [6.07, 6.45) is 5.85. The van der Waals surface area contributed by atoms with Crippen LogP contribution >= 0.6 is 0 Å². The second kappa shape index (κ2) is 10.1. The molecule has 1 unspecified atom stereocenters. The van der Waals surface area contributed by atoms with Crippen molar-refractivity contribution in [2.75, 3.05) is 26.2 Å². The molecule has 1 N–H and O–H groups in total. The second-order valence-corrected chi connectivity index (χ2v) is 4.71. The average Bonchev–Trinajstić information content (AvgIpc) is 2.58. The number of rotatable bonds is 5. The minimum atomic E-state index is 0.277. The van der Waals surface area contributed by atoms with E-state index in [2.05, 4.69) is 59.8 Å². The van der Waals surface area contributed by atoms with Gasteiger partial charge in [-0.05, 0) is 11.1 Å². The van der Waals surface area contributed by atoms with E-state index in [4.69, 9.17) is 0 Å².